The molecule has 0 saturated carbocycles. The highest BCUT2D eigenvalue weighted by molar-refractivity contribution is 6.12. The van der Waals surface area contributed by atoms with E-state index >= 15 is 0 Å². The Labute approximate surface area is 370 Å². The molecule has 0 radical (unpaired) electrons. The molecule has 0 unspecified atom stereocenters. The highest BCUT2D eigenvalue weighted by Crippen LogP contribution is 2.43. The molecule has 5 heteroatoms. The van der Waals surface area contributed by atoms with E-state index in [9.17, 15) is 0 Å². The normalized spacial score (nSPS) is 11.4. The Balaban J connectivity index is 1.15. The summed E-state index contributed by atoms with van der Waals surface area (Å²) in [5, 5.41) is 4.74. The lowest BCUT2D eigenvalue weighted by atomic mass is 9.97. The molecule has 298 valence electrons. The quantitative estimate of drug-likeness (QED) is 0.150. The van der Waals surface area contributed by atoms with Crippen molar-refractivity contribution in [1.82, 2.24) is 19.1 Å². The molecule has 0 spiro atoms. The van der Waals surface area contributed by atoms with Crippen molar-refractivity contribution in [3.8, 4) is 67.5 Å². The third kappa shape index (κ3) is 6.16. The zero-order chi connectivity index (χ0) is 42.6. The summed E-state index contributed by atoms with van der Waals surface area (Å²) in [4.78, 5) is 14.0. The molecule has 64 heavy (non-hydrogen) atoms. The molecular formula is C59H37N5. The minimum absolute atomic E-state index is 0.630. The summed E-state index contributed by atoms with van der Waals surface area (Å²) < 4.78 is 4.84. The SMILES string of the molecule is [C-]#[N+]c1ccc(-c2ccc3c(c2)c2ccccc2n3-c2cc(-c3cc(-c4ccccc4)nc(-c4ccccc4)n3)ccc2-c2ccccc2-n2c3ccccc3c3ccccc32)cc1. The predicted molar refractivity (Wildman–Crippen MR) is 264 cm³/mol. The zero-order valence-electron chi connectivity index (χ0n) is 34.6. The fourth-order valence-electron chi connectivity index (χ4n) is 9.39. The summed E-state index contributed by atoms with van der Waals surface area (Å²) in [6.07, 6.45) is 0. The summed E-state index contributed by atoms with van der Waals surface area (Å²) in [7, 11) is 0. The Bertz CT molecular complexity index is 3670. The van der Waals surface area contributed by atoms with Crippen LogP contribution in [0, 0.1) is 6.57 Å². The van der Waals surface area contributed by atoms with E-state index in [1.807, 2.05) is 48.5 Å². The molecule has 0 bridgehead atoms. The van der Waals surface area contributed by atoms with Gasteiger partial charge in [0.1, 0.15) is 0 Å². The predicted octanol–water partition coefficient (Wildman–Crippen LogP) is 15.6. The van der Waals surface area contributed by atoms with Gasteiger partial charge in [0.25, 0.3) is 0 Å². The Morgan fingerprint density at radius 1 is 0.328 bits per heavy atom. The molecule has 12 rings (SSSR count). The van der Waals surface area contributed by atoms with Crippen LogP contribution in [0.5, 0.6) is 0 Å². The van der Waals surface area contributed by atoms with Crippen LogP contribution in [0.15, 0.2) is 224 Å². The molecule has 0 aliphatic heterocycles. The number of nitrogens with zero attached hydrogens (tertiary/aromatic N) is 5. The van der Waals surface area contributed by atoms with Crippen molar-refractivity contribution in [2.24, 2.45) is 0 Å². The van der Waals surface area contributed by atoms with Crippen LogP contribution in [-0.4, -0.2) is 19.1 Å². The van der Waals surface area contributed by atoms with E-state index in [1.54, 1.807) is 0 Å². The van der Waals surface area contributed by atoms with Crippen LogP contribution < -0.4 is 0 Å². The van der Waals surface area contributed by atoms with Gasteiger partial charge in [-0.2, -0.15) is 0 Å². The second kappa shape index (κ2) is 15.3. The maximum atomic E-state index is 7.49. The van der Waals surface area contributed by atoms with Gasteiger partial charge in [0, 0.05) is 49.4 Å². The van der Waals surface area contributed by atoms with Gasteiger partial charge in [0.2, 0.25) is 0 Å². The van der Waals surface area contributed by atoms with Crippen molar-refractivity contribution >= 4 is 49.3 Å². The van der Waals surface area contributed by atoms with Crippen molar-refractivity contribution in [3.63, 3.8) is 0 Å². The molecule has 3 aromatic heterocycles. The smallest absolute Gasteiger partial charge is 0.187 e. The lowest BCUT2D eigenvalue weighted by Gasteiger charge is -2.20. The van der Waals surface area contributed by atoms with Crippen molar-refractivity contribution < 1.29 is 0 Å². The number of para-hydroxylation sites is 4. The minimum atomic E-state index is 0.630. The van der Waals surface area contributed by atoms with Crippen LogP contribution >= 0.6 is 0 Å². The second-order valence-electron chi connectivity index (χ2n) is 16.1. The number of hydrogen-bond acceptors (Lipinski definition) is 2. The third-order valence-corrected chi connectivity index (χ3v) is 12.4. The average Bonchev–Trinajstić information content (AvgIpc) is 3.89. The number of rotatable bonds is 7. The lowest BCUT2D eigenvalue weighted by molar-refractivity contribution is 1.15. The highest BCUT2D eigenvalue weighted by Gasteiger charge is 2.22. The first-order chi connectivity index (χ1) is 31.7. The molecule has 0 atom stereocenters. The maximum absolute atomic E-state index is 7.49. The van der Waals surface area contributed by atoms with Crippen LogP contribution in [0.4, 0.5) is 5.69 Å². The standard InChI is InChI=1S/C59H37N5/c1-60-44-32-28-39(29-33-44)42-31-35-57-50(36-42)48-23-11-15-27-56(48)64(57)58-37-43(52-38-51(40-16-4-2-5-17-40)61-59(62-52)41-18-6-3-7-19-41)30-34-49(58)47-22-10-14-26-55(47)63-53-24-12-8-20-45(53)46-21-9-13-25-54(46)63/h2-38H. The molecule has 9 aromatic carbocycles. The molecule has 12 aromatic rings. The molecule has 0 saturated heterocycles. The number of benzene rings is 9. The largest absolute Gasteiger partial charge is 0.309 e. The summed E-state index contributed by atoms with van der Waals surface area (Å²) in [5.41, 5.74) is 16.3. The summed E-state index contributed by atoms with van der Waals surface area (Å²) in [6, 6.07) is 78.9. The number of fused-ring (bicyclic) bond motifs is 6. The number of aromatic nitrogens is 4. The Kier molecular flexibility index (Phi) is 8.81. The summed E-state index contributed by atoms with van der Waals surface area (Å²) in [5.74, 6) is 0.674. The van der Waals surface area contributed by atoms with Gasteiger partial charge in [-0.25, -0.2) is 14.8 Å². The molecule has 5 nitrogen and oxygen atoms in total. The van der Waals surface area contributed by atoms with Gasteiger partial charge in [-0.15, -0.1) is 0 Å². The van der Waals surface area contributed by atoms with E-state index in [-0.39, 0.29) is 0 Å². The lowest BCUT2D eigenvalue weighted by Crippen LogP contribution is -2.02. The van der Waals surface area contributed by atoms with E-state index in [2.05, 4.69) is 190 Å². The van der Waals surface area contributed by atoms with Gasteiger partial charge >= 0.3 is 0 Å². The van der Waals surface area contributed by atoms with Crippen LogP contribution in [-0.2, 0) is 0 Å². The van der Waals surface area contributed by atoms with Crippen LogP contribution in [0.3, 0.4) is 0 Å². The van der Waals surface area contributed by atoms with Gasteiger partial charge in [0.15, 0.2) is 11.5 Å². The Morgan fingerprint density at radius 3 is 1.47 bits per heavy atom. The minimum Gasteiger partial charge on any atom is -0.309 e. The van der Waals surface area contributed by atoms with Crippen molar-refractivity contribution in [2.75, 3.05) is 0 Å². The fourth-order valence-corrected chi connectivity index (χ4v) is 9.39. The van der Waals surface area contributed by atoms with Crippen LogP contribution in [0.2, 0.25) is 0 Å². The molecule has 0 N–H and O–H groups in total. The van der Waals surface area contributed by atoms with Gasteiger partial charge < -0.3 is 9.13 Å². The van der Waals surface area contributed by atoms with Gasteiger partial charge in [0.05, 0.1) is 51.4 Å². The third-order valence-electron chi connectivity index (χ3n) is 12.4. The monoisotopic (exact) mass is 815 g/mol. The molecule has 3 heterocycles. The summed E-state index contributed by atoms with van der Waals surface area (Å²) in [6.45, 7) is 7.49. The van der Waals surface area contributed by atoms with Gasteiger partial charge in [-0.05, 0) is 59.7 Å². The van der Waals surface area contributed by atoms with Crippen molar-refractivity contribution in [3.05, 3.63) is 236 Å². The molecule has 0 amide bonds. The Morgan fingerprint density at radius 2 is 0.812 bits per heavy atom. The Hall–Kier alpha value is -8.85. The van der Waals surface area contributed by atoms with E-state index in [1.165, 1.54) is 10.8 Å². The van der Waals surface area contributed by atoms with E-state index in [0.717, 1.165) is 94.5 Å². The molecular weight excluding hydrogens is 779 g/mol. The van der Waals surface area contributed by atoms with Gasteiger partial charge in [-0.1, -0.05) is 176 Å². The first kappa shape index (κ1) is 37.0. The maximum Gasteiger partial charge on any atom is 0.187 e. The molecule has 0 aliphatic rings. The van der Waals surface area contributed by atoms with Crippen LogP contribution in [0.25, 0.3) is 116 Å². The topological polar surface area (TPSA) is 40.0 Å². The number of hydrogen-bond donors (Lipinski definition) is 0. The zero-order valence-corrected chi connectivity index (χ0v) is 34.6. The van der Waals surface area contributed by atoms with Crippen LogP contribution in [0.1, 0.15) is 0 Å². The summed E-state index contributed by atoms with van der Waals surface area (Å²) >= 11 is 0. The first-order valence-corrected chi connectivity index (χ1v) is 21.4. The van der Waals surface area contributed by atoms with E-state index < -0.39 is 0 Å². The highest BCUT2D eigenvalue weighted by atomic mass is 15.0. The molecule has 0 fully saturated rings. The first-order valence-electron chi connectivity index (χ1n) is 21.4. The molecule has 0 aliphatic carbocycles. The average molecular weight is 816 g/mol. The van der Waals surface area contributed by atoms with Crippen molar-refractivity contribution in [2.45, 2.75) is 0 Å². The van der Waals surface area contributed by atoms with Crippen molar-refractivity contribution in [1.29, 1.82) is 0 Å². The van der Waals surface area contributed by atoms with E-state index in [4.69, 9.17) is 16.5 Å². The van der Waals surface area contributed by atoms with E-state index in [0.29, 0.717) is 11.5 Å². The second-order valence-corrected chi connectivity index (χ2v) is 16.1. The van der Waals surface area contributed by atoms with Gasteiger partial charge in [-0.3, -0.25) is 0 Å². The fraction of sp³-hybridized carbons (Fsp3) is 0.